The van der Waals surface area contributed by atoms with Crippen LogP contribution in [0.4, 0.5) is 0 Å². The first-order valence-corrected chi connectivity index (χ1v) is 5.79. The lowest BCUT2D eigenvalue weighted by molar-refractivity contribution is 0.273. The van der Waals surface area contributed by atoms with Crippen molar-refractivity contribution in [2.45, 2.75) is 12.8 Å². The predicted molar refractivity (Wildman–Crippen MR) is 68.8 cm³/mol. The average Bonchev–Trinajstić information content (AvgIpc) is 2.38. The number of nitrogens with zero attached hydrogens (tertiary/aromatic N) is 1. The van der Waals surface area contributed by atoms with Crippen molar-refractivity contribution in [1.82, 2.24) is 4.98 Å². The number of methoxy groups -OCH3 is 1. The van der Waals surface area contributed by atoms with Crippen LogP contribution < -0.4 is 4.74 Å². The van der Waals surface area contributed by atoms with Gasteiger partial charge in [0, 0.05) is 24.0 Å². The van der Waals surface area contributed by atoms with Gasteiger partial charge in [0.05, 0.1) is 17.6 Å². The van der Waals surface area contributed by atoms with Crippen molar-refractivity contribution in [2.75, 3.05) is 13.7 Å². The van der Waals surface area contributed by atoms with Gasteiger partial charge in [-0.15, -0.1) is 0 Å². The van der Waals surface area contributed by atoms with Crippen molar-refractivity contribution >= 4 is 22.5 Å². The van der Waals surface area contributed by atoms with E-state index in [1.165, 1.54) is 0 Å². The maximum absolute atomic E-state index is 9.17. The Morgan fingerprint density at radius 2 is 2.12 bits per heavy atom. The Balaban J connectivity index is 2.60. The second-order valence-electron chi connectivity index (χ2n) is 3.97. The SMILES string of the molecule is COc1ccc2c(Cl)c(C(C)CO)ccc2n1. The third-order valence-electron chi connectivity index (χ3n) is 2.82. The smallest absolute Gasteiger partial charge is 0.213 e. The van der Waals surface area contributed by atoms with Crippen molar-refractivity contribution in [3.63, 3.8) is 0 Å². The summed E-state index contributed by atoms with van der Waals surface area (Å²) >= 11 is 6.32. The minimum atomic E-state index is 0.0222. The van der Waals surface area contributed by atoms with E-state index in [0.717, 1.165) is 16.5 Å². The predicted octanol–water partition coefficient (Wildman–Crippen LogP) is 2.99. The van der Waals surface area contributed by atoms with Crippen LogP contribution in [-0.4, -0.2) is 23.8 Å². The fourth-order valence-electron chi connectivity index (χ4n) is 1.76. The zero-order chi connectivity index (χ0) is 12.4. The first kappa shape index (κ1) is 12.1. The van der Waals surface area contributed by atoms with Crippen molar-refractivity contribution in [1.29, 1.82) is 0 Å². The van der Waals surface area contributed by atoms with Gasteiger partial charge in [0.2, 0.25) is 5.88 Å². The van der Waals surface area contributed by atoms with Gasteiger partial charge >= 0.3 is 0 Å². The molecular formula is C13H14ClNO2. The van der Waals surface area contributed by atoms with Crippen LogP contribution in [-0.2, 0) is 0 Å². The molecule has 0 bridgehead atoms. The van der Waals surface area contributed by atoms with Crippen LogP contribution in [0.25, 0.3) is 10.9 Å². The van der Waals surface area contributed by atoms with Gasteiger partial charge in [0.1, 0.15) is 0 Å². The number of aliphatic hydroxyl groups is 1. The summed E-state index contributed by atoms with van der Waals surface area (Å²) in [6, 6.07) is 7.46. The highest BCUT2D eigenvalue weighted by molar-refractivity contribution is 6.36. The molecule has 4 heteroatoms. The number of hydrogen-bond donors (Lipinski definition) is 1. The average molecular weight is 252 g/mol. The third-order valence-corrected chi connectivity index (χ3v) is 3.25. The van der Waals surface area contributed by atoms with Crippen molar-refractivity contribution in [3.05, 3.63) is 34.9 Å². The molecule has 1 heterocycles. The number of pyridine rings is 1. The second kappa shape index (κ2) is 4.90. The molecule has 17 heavy (non-hydrogen) atoms. The van der Waals surface area contributed by atoms with Gasteiger partial charge in [-0.05, 0) is 17.7 Å². The molecule has 0 saturated carbocycles. The molecule has 1 N–H and O–H groups in total. The largest absolute Gasteiger partial charge is 0.481 e. The fraction of sp³-hybridized carbons (Fsp3) is 0.308. The molecule has 2 aromatic rings. The second-order valence-corrected chi connectivity index (χ2v) is 4.35. The van der Waals surface area contributed by atoms with E-state index in [4.69, 9.17) is 16.3 Å². The number of rotatable bonds is 3. The lowest BCUT2D eigenvalue weighted by Gasteiger charge is -2.12. The lowest BCUT2D eigenvalue weighted by Crippen LogP contribution is -2.00. The van der Waals surface area contributed by atoms with Gasteiger partial charge in [-0.25, -0.2) is 4.98 Å². The van der Waals surface area contributed by atoms with Crippen LogP contribution in [0.3, 0.4) is 0 Å². The Kier molecular flexibility index (Phi) is 3.50. The van der Waals surface area contributed by atoms with Gasteiger partial charge < -0.3 is 9.84 Å². The van der Waals surface area contributed by atoms with E-state index < -0.39 is 0 Å². The summed E-state index contributed by atoms with van der Waals surface area (Å²) in [5.41, 5.74) is 1.73. The number of benzene rings is 1. The number of aromatic nitrogens is 1. The third kappa shape index (κ3) is 2.21. The summed E-state index contributed by atoms with van der Waals surface area (Å²) in [4.78, 5) is 4.31. The van der Waals surface area contributed by atoms with Crippen LogP contribution in [0.1, 0.15) is 18.4 Å². The number of fused-ring (bicyclic) bond motifs is 1. The lowest BCUT2D eigenvalue weighted by atomic mass is 10.00. The molecule has 0 saturated heterocycles. The number of ether oxygens (including phenoxy) is 1. The van der Waals surface area contributed by atoms with Crippen LogP contribution >= 0.6 is 11.6 Å². The van der Waals surface area contributed by atoms with Gasteiger partial charge in [-0.3, -0.25) is 0 Å². The van der Waals surface area contributed by atoms with E-state index in [9.17, 15) is 5.11 Å². The van der Waals surface area contributed by atoms with Crippen LogP contribution in [0.15, 0.2) is 24.3 Å². The van der Waals surface area contributed by atoms with Gasteiger partial charge in [0.15, 0.2) is 0 Å². The number of aliphatic hydroxyl groups excluding tert-OH is 1. The Morgan fingerprint density at radius 3 is 2.76 bits per heavy atom. The van der Waals surface area contributed by atoms with Gasteiger partial charge in [-0.2, -0.15) is 0 Å². The summed E-state index contributed by atoms with van der Waals surface area (Å²) in [5, 5.41) is 10.7. The first-order chi connectivity index (χ1) is 8.17. The molecule has 1 aromatic carbocycles. The minimum absolute atomic E-state index is 0.0222. The summed E-state index contributed by atoms with van der Waals surface area (Å²) in [6.07, 6.45) is 0. The molecule has 1 atom stereocenters. The quantitative estimate of drug-likeness (QED) is 0.912. The van der Waals surface area contributed by atoms with E-state index in [1.807, 2.05) is 25.1 Å². The maximum Gasteiger partial charge on any atom is 0.213 e. The van der Waals surface area contributed by atoms with Crippen LogP contribution in [0.2, 0.25) is 5.02 Å². The summed E-state index contributed by atoms with van der Waals surface area (Å²) < 4.78 is 5.07. The Hall–Kier alpha value is -1.32. The zero-order valence-corrected chi connectivity index (χ0v) is 10.5. The maximum atomic E-state index is 9.17. The monoisotopic (exact) mass is 251 g/mol. The van der Waals surface area contributed by atoms with Crippen LogP contribution in [0, 0.1) is 0 Å². The first-order valence-electron chi connectivity index (χ1n) is 5.41. The molecule has 0 aliphatic carbocycles. The Labute approximate surface area is 105 Å². The van der Waals surface area contributed by atoms with E-state index in [0.29, 0.717) is 10.9 Å². The Bertz CT molecular complexity index is 542. The van der Waals surface area contributed by atoms with Crippen molar-refractivity contribution in [3.8, 4) is 5.88 Å². The highest BCUT2D eigenvalue weighted by Crippen LogP contribution is 2.31. The van der Waals surface area contributed by atoms with E-state index in [-0.39, 0.29) is 12.5 Å². The highest BCUT2D eigenvalue weighted by Gasteiger charge is 2.12. The highest BCUT2D eigenvalue weighted by atomic mass is 35.5. The van der Waals surface area contributed by atoms with Gasteiger partial charge in [-0.1, -0.05) is 24.6 Å². The molecule has 0 radical (unpaired) electrons. The van der Waals surface area contributed by atoms with Crippen molar-refractivity contribution < 1.29 is 9.84 Å². The number of hydrogen-bond acceptors (Lipinski definition) is 3. The molecule has 0 spiro atoms. The van der Waals surface area contributed by atoms with E-state index in [1.54, 1.807) is 13.2 Å². The van der Waals surface area contributed by atoms with Crippen LogP contribution in [0.5, 0.6) is 5.88 Å². The summed E-state index contributed by atoms with van der Waals surface area (Å²) in [7, 11) is 1.58. The summed E-state index contributed by atoms with van der Waals surface area (Å²) in [5.74, 6) is 0.588. The molecule has 2 rings (SSSR count). The van der Waals surface area contributed by atoms with Crippen molar-refractivity contribution in [2.24, 2.45) is 0 Å². The molecule has 1 unspecified atom stereocenters. The fourth-order valence-corrected chi connectivity index (χ4v) is 2.17. The van der Waals surface area contributed by atoms with Gasteiger partial charge in [0.25, 0.3) is 0 Å². The normalized spacial score (nSPS) is 12.7. The number of halogens is 1. The molecular weight excluding hydrogens is 238 g/mol. The summed E-state index contributed by atoms with van der Waals surface area (Å²) in [6.45, 7) is 2.01. The minimum Gasteiger partial charge on any atom is -0.481 e. The molecule has 0 amide bonds. The molecule has 0 aliphatic rings. The topological polar surface area (TPSA) is 42.4 Å². The molecule has 1 aromatic heterocycles. The molecule has 3 nitrogen and oxygen atoms in total. The van der Waals surface area contributed by atoms with E-state index in [2.05, 4.69) is 4.98 Å². The molecule has 0 aliphatic heterocycles. The zero-order valence-electron chi connectivity index (χ0n) is 9.77. The van der Waals surface area contributed by atoms with E-state index >= 15 is 0 Å². The standard InChI is InChI=1S/C13H14ClNO2/c1-8(7-16)9-3-5-11-10(13(9)14)4-6-12(15-11)17-2/h3-6,8,16H,7H2,1-2H3. The molecule has 90 valence electrons. The molecule has 0 fully saturated rings. The Morgan fingerprint density at radius 1 is 1.35 bits per heavy atom.